The van der Waals surface area contributed by atoms with Gasteiger partial charge < -0.3 is 15.6 Å². The number of hydrogen-bond acceptors (Lipinski definition) is 3. The number of H-pyrrole nitrogens is 1. The van der Waals surface area contributed by atoms with Gasteiger partial charge in [0.25, 0.3) is 5.91 Å². The van der Waals surface area contributed by atoms with Crippen LogP contribution in [0.25, 0.3) is 0 Å². The molecule has 0 saturated heterocycles. The summed E-state index contributed by atoms with van der Waals surface area (Å²) in [5, 5.41) is 0. The van der Waals surface area contributed by atoms with Crippen LogP contribution in [0.3, 0.4) is 0 Å². The number of carbonyl (C=O) groups excluding carboxylic acids is 1. The fourth-order valence-corrected chi connectivity index (χ4v) is 1.40. The molecule has 0 aromatic carbocycles. The summed E-state index contributed by atoms with van der Waals surface area (Å²) < 4.78 is 0. The molecule has 0 aliphatic rings. The number of nitrogen functional groups attached to an aromatic ring is 1. The first-order chi connectivity index (χ1) is 7.68. The maximum atomic E-state index is 12.0. The van der Waals surface area contributed by atoms with Crippen molar-refractivity contribution in [3.63, 3.8) is 0 Å². The number of nitrogens with two attached hydrogens (primary N) is 1. The molecule has 0 bridgehead atoms. The molecule has 2 aromatic rings. The van der Waals surface area contributed by atoms with E-state index >= 15 is 0 Å². The number of anilines is 2. The number of rotatable bonds is 2. The van der Waals surface area contributed by atoms with E-state index in [1.165, 1.54) is 4.90 Å². The molecule has 3 N–H and O–H groups in total. The van der Waals surface area contributed by atoms with Crippen molar-refractivity contribution >= 4 is 17.3 Å². The van der Waals surface area contributed by atoms with Crippen LogP contribution in [0.2, 0.25) is 0 Å². The van der Waals surface area contributed by atoms with Crippen LogP contribution in [-0.4, -0.2) is 22.9 Å². The van der Waals surface area contributed by atoms with Crippen LogP contribution in [-0.2, 0) is 0 Å². The number of carbonyl (C=O) groups is 1. The van der Waals surface area contributed by atoms with Crippen molar-refractivity contribution in [2.45, 2.75) is 0 Å². The van der Waals surface area contributed by atoms with Crippen molar-refractivity contribution < 1.29 is 4.79 Å². The summed E-state index contributed by atoms with van der Waals surface area (Å²) in [5.74, 6) is -0.136. The van der Waals surface area contributed by atoms with Crippen molar-refractivity contribution in [2.24, 2.45) is 0 Å². The molecule has 16 heavy (non-hydrogen) atoms. The second kappa shape index (κ2) is 4.06. The number of nitrogens with zero attached hydrogens (tertiary/aromatic N) is 2. The standard InChI is InChI=1S/C11H12N4O/c1-15(9-2-4-13-5-3-9)11(16)10-6-8(12)7-14-10/h2-7,14H,12H2,1H3. The van der Waals surface area contributed by atoms with Crippen molar-refractivity contribution in [1.82, 2.24) is 9.97 Å². The van der Waals surface area contributed by atoms with Crippen LogP contribution in [0.1, 0.15) is 10.5 Å². The molecule has 1 amide bonds. The number of amides is 1. The molecule has 0 atom stereocenters. The summed E-state index contributed by atoms with van der Waals surface area (Å²) >= 11 is 0. The lowest BCUT2D eigenvalue weighted by atomic mass is 10.3. The normalized spacial score (nSPS) is 10.1. The lowest BCUT2D eigenvalue weighted by Crippen LogP contribution is -2.26. The number of pyridine rings is 1. The molecule has 0 saturated carbocycles. The smallest absolute Gasteiger partial charge is 0.274 e. The fourth-order valence-electron chi connectivity index (χ4n) is 1.40. The van der Waals surface area contributed by atoms with E-state index < -0.39 is 0 Å². The van der Waals surface area contributed by atoms with Gasteiger partial charge in [-0.2, -0.15) is 0 Å². The first-order valence-corrected chi connectivity index (χ1v) is 4.80. The molecular formula is C11H12N4O. The second-order valence-corrected chi connectivity index (χ2v) is 3.42. The fraction of sp³-hybridized carbons (Fsp3) is 0.0909. The number of nitrogens with one attached hydrogen (secondary N) is 1. The van der Waals surface area contributed by atoms with E-state index in [1.807, 2.05) is 0 Å². The SMILES string of the molecule is CN(C(=O)c1cc(N)c[nH]1)c1ccncc1. The van der Waals surface area contributed by atoms with Gasteiger partial charge in [-0.05, 0) is 18.2 Å². The minimum absolute atomic E-state index is 0.136. The Balaban J connectivity index is 2.23. The zero-order chi connectivity index (χ0) is 11.5. The minimum Gasteiger partial charge on any atom is -0.397 e. The van der Waals surface area contributed by atoms with Gasteiger partial charge in [-0.3, -0.25) is 9.78 Å². The Morgan fingerprint density at radius 2 is 2.12 bits per heavy atom. The van der Waals surface area contributed by atoms with Crippen LogP contribution in [0, 0.1) is 0 Å². The molecule has 5 nitrogen and oxygen atoms in total. The Morgan fingerprint density at radius 1 is 1.44 bits per heavy atom. The zero-order valence-electron chi connectivity index (χ0n) is 8.84. The summed E-state index contributed by atoms with van der Waals surface area (Å²) in [4.78, 5) is 20.2. The van der Waals surface area contributed by atoms with Crippen LogP contribution >= 0.6 is 0 Å². The van der Waals surface area contributed by atoms with Crippen molar-refractivity contribution in [3.8, 4) is 0 Å². The van der Waals surface area contributed by atoms with Crippen molar-refractivity contribution in [3.05, 3.63) is 42.5 Å². The second-order valence-electron chi connectivity index (χ2n) is 3.42. The Hall–Kier alpha value is -2.30. The van der Waals surface area contributed by atoms with E-state index in [9.17, 15) is 4.79 Å². The molecule has 0 unspecified atom stereocenters. The summed E-state index contributed by atoms with van der Waals surface area (Å²) in [5.41, 5.74) is 7.35. The quantitative estimate of drug-likeness (QED) is 0.793. The van der Waals surface area contributed by atoms with Gasteiger partial charge in [0.1, 0.15) is 5.69 Å². The van der Waals surface area contributed by atoms with Gasteiger partial charge in [0, 0.05) is 37.0 Å². The molecule has 82 valence electrons. The van der Waals surface area contributed by atoms with Gasteiger partial charge in [0.15, 0.2) is 0 Å². The first-order valence-electron chi connectivity index (χ1n) is 4.80. The third kappa shape index (κ3) is 1.88. The highest BCUT2D eigenvalue weighted by Gasteiger charge is 2.14. The number of aromatic amines is 1. The average molecular weight is 216 g/mol. The van der Waals surface area contributed by atoms with Crippen LogP contribution < -0.4 is 10.6 Å². The summed E-state index contributed by atoms with van der Waals surface area (Å²) in [7, 11) is 1.70. The maximum absolute atomic E-state index is 12.0. The van der Waals surface area contributed by atoms with E-state index in [0.29, 0.717) is 11.4 Å². The van der Waals surface area contributed by atoms with Crippen LogP contribution in [0.4, 0.5) is 11.4 Å². The first kappa shape index (κ1) is 10.2. The summed E-state index contributed by atoms with van der Waals surface area (Å²) in [6.07, 6.45) is 4.87. The van der Waals surface area contributed by atoms with Gasteiger partial charge in [0.05, 0.1) is 0 Å². The van der Waals surface area contributed by atoms with Gasteiger partial charge in [-0.1, -0.05) is 0 Å². The molecule has 0 aliphatic heterocycles. The van der Waals surface area contributed by atoms with Crippen molar-refractivity contribution in [1.29, 1.82) is 0 Å². The average Bonchev–Trinajstić information content (AvgIpc) is 2.75. The van der Waals surface area contributed by atoms with E-state index in [2.05, 4.69) is 9.97 Å². The maximum Gasteiger partial charge on any atom is 0.274 e. The molecule has 0 aliphatic carbocycles. The Labute approximate surface area is 92.9 Å². The molecular weight excluding hydrogens is 204 g/mol. The van der Waals surface area contributed by atoms with Gasteiger partial charge >= 0.3 is 0 Å². The third-order valence-corrected chi connectivity index (χ3v) is 2.29. The van der Waals surface area contributed by atoms with Crippen molar-refractivity contribution in [2.75, 3.05) is 17.7 Å². The molecule has 2 rings (SSSR count). The molecule has 0 radical (unpaired) electrons. The van der Waals surface area contributed by atoms with E-state index in [1.54, 1.807) is 43.8 Å². The highest BCUT2D eigenvalue weighted by molar-refractivity contribution is 6.04. The molecule has 0 fully saturated rings. The Kier molecular flexibility index (Phi) is 2.59. The lowest BCUT2D eigenvalue weighted by Gasteiger charge is -2.15. The van der Waals surface area contributed by atoms with Gasteiger partial charge in [0.2, 0.25) is 0 Å². The van der Waals surface area contributed by atoms with E-state index in [4.69, 9.17) is 5.73 Å². The highest BCUT2D eigenvalue weighted by Crippen LogP contribution is 2.14. The highest BCUT2D eigenvalue weighted by atomic mass is 16.2. The predicted octanol–water partition coefficient (Wildman–Crippen LogP) is 1.27. The Bertz CT molecular complexity index is 492. The minimum atomic E-state index is -0.136. The molecule has 0 spiro atoms. The van der Waals surface area contributed by atoms with Crippen LogP contribution in [0.5, 0.6) is 0 Å². The predicted molar refractivity (Wildman–Crippen MR) is 62.2 cm³/mol. The van der Waals surface area contributed by atoms with Crippen LogP contribution in [0.15, 0.2) is 36.8 Å². The summed E-state index contributed by atoms with van der Waals surface area (Å²) in [6, 6.07) is 5.15. The zero-order valence-corrected chi connectivity index (χ0v) is 8.84. The molecule has 2 heterocycles. The topological polar surface area (TPSA) is 75.0 Å². The van der Waals surface area contributed by atoms with E-state index in [-0.39, 0.29) is 5.91 Å². The number of hydrogen-bond donors (Lipinski definition) is 2. The van der Waals surface area contributed by atoms with Gasteiger partial charge in [-0.15, -0.1) is 0 Å². The van der Waals surface area contributed by atoms with Gasteiger partial charge in [-0.25, -0.2) is 0 Å². The largest absolute Gasteiger partial charge is 0.397 e. The third-order valence-electron chi connectivity index (χ3n) is 2.29. The summed E-state index contributed by atoms with van der Waals surface area (Å²) in [6.45, 7) is 0. The molecule has 2 aromatic heterocycles. The molecule has 5 heteroatoms. The lowest BCUT2D eigenvalue weighted by molar-refractivity contribution is 0.0989. The monoisotopic (exact) mass is 216 g/mol. The van der Waals surface area contributed by atoms with E-state index in [0.717, 1.165) is 5.69 Å². The Morgan fingerprint density at radius 3 is 2.69 bits per heavy atom. The number of aromatic nitrogens is 2.